The predicted octanol–water partition coefficient (Wildman–Crippen LogP) is 4.50. The van der Waals surface area contributed by atoms with Crippen LogP contribution in [0.15, 0.2) is 60.2 Å². The number of pyridine rings is 1. The third kappa shape index (κ3) is 5.68. The monoisotopic (exact) mass is 387 g/mol. The van der Waals surface area contributed by atoms with E-state index in [1.54, 1.807) is 42.7 Å². The number of aromatic nitrogens is 2. The number of hydrogen-bond acceptors (Lipinski definition) is 5. The smallest absolute Gasteiger partial charge is 0.272 e. The molecular weight excluding hydrogens is 372 g/mol. The van der Waals surface area contributed by atoms with Crippen LogP contribution in [0, 0.1) is 0 Å². The molecule has 1 N–H and O–H groups in total. The van der Waals surface area contributed by atoms with Gasteiger partial charge in [-0.25, -0.2) is 13.8 Å². The molecule has 0 spiro atoms. The highest BCUT2D eigenvalue weighted by Gasteiger charge is 2.06. The molecule has 2 heterocycles. The number of nitrogens with zero attached hydrogens (tertiary/aromatic N) is 2. The standard InChI is InChI=1S/C19H15F2N3O2S/c20-17(21)11-26-15-4-1-13(2-5-15)3-6-18(25)24-19-23-16(12-27-19)14-7-9-22-10-8-14/h1-10,12,17H,11H2,(H,23,24,25)/b6-3-. The summed E-state index contributed by atoms with van der Waals surface area (Å²) in [6.45, 7) is -0.646. The molecule has 0 bridgehead atoms. The molecule has 3 rings (SSSR count). The summed E-state index contributed by atoms with van der Waals surface area (Å²) in [4.78, 5) is 20.4. The Hall–Kier alpha value is -3.13. The normalized spacial score (nSPS) is 11.1. The quantitative estimate of drug-likeness (QED) is 0.606. The molecule has 0 atom stereocenters. The number of carbonyl (C=O) groups excluding carboxylic acids is 1. The molecule has 138 valence electrons. The number of anilines is 1. The Morgan fingerprint density at radius 1 is 1.19 bits per heavy atom. The SMILES string of the molecule is O=C(/C=C\c1ccc(OCC(F)F)cc1)Nc1nc(-c2ccncc2)cs1. The van der Waals surface area contributed by atoms with Crippen molar-refractivity contribution in [2.75, 3.05) is 11.9 Å². The van der Waals surface area contributed by atoms with E-state index in [0.29, 0.717) is 10.9 Å². The molecule has 8 heteroatoms. The zero-order valence-electron chi connectivity index (χ0n) is 14.0. The molecule has 0 unspecified atom stereocenters. The van der Waals surface area contributed by atoms with Gasteiger partial charge in [-0.05, 0) is 35.9 Å². The molecule has 0 radical (unpaired) electrons. The maximum absolute atomic E-state index is 12.1. The van der Waals surface area contributed by atoms with Crippen molar-refractivity contribution in [3.63, 3.8) is 0 Å². The minimum Gasteiger partial charge on any atom is -0.488 e. The van der Waals surface area contributed by atoms with Gasteiger partial charge in [0.25, 0.3) is 6.43 Å². The van der Waals surface area contributed by atoms with Gasteiger partial charge in [-0.2, -0.15) is 0 Å². The molecule has 0 saturated carbocycles. The number of ether oxygens (including phenoxy) is 1. The molecular formula is C19H15F2N3O2S. The highest BCUT2D eigenvalue weighted by molar-refractivity contribution is 7.14. The Morgan fingerprint density at radius 3 is 2.63 bits per heavy atom. The van der Waals surface area contributed by atoms with Crippen LogP contribution in [-0.2, 0) is 4.79 Å². The Balaban J connectivity index is 1.55. The summed E-state index contributed by atoms with van der Waals surface area (Å²) < 4.78 is 29.1. The van der Waals surface area contributed by atoms with Crippen LogP contribution in [0.5, 0.6) is 5.75 Å². The van der Waals surface area contributed by atoms with Crippen molar-refractivity contribution in [2.45, 2.75) is 6.43 Å². The average Bonchev–Trinajstić information content (AvgIpc) is 3.14. The lowest BCUT2D eigenvalue weighted by atomic mass is 10.2. The third-order valence-corrected chi connectivity index (χ3v) is 4.15. The van der Waals surface area contributed by atoms with E-state index >= 15 is 0 Å². The van der Waals surface area contributed by atoms with Crippen molar-refractivity contribution >= 4 is 28.5 Å². The zero-order chi connectivity index (χ0) is 19.1. The first-order chi connectivity index (χ1) is 13.1. The van der Waals surface area contributed by atoms with Gasteiger partial charge in [0.15, 0.2) is 5.13 Å². The van der Waals surface area contributed by atoms with Crippen molar-refractivity contribution in [3.8, 4) is 17.0 Å². The van der Waals surface area contributed by atoms with E-state index in [0.717, 1.165) is 16.8 Å². The summed E-state index contributed by atoms with van der Waals surface area (Å²) in [7, 11) is 0. The molecule has 0 aliphatic heterocycles. The van der Waals surface area contributed by atoms with E-state index in [1.807, 2.05) is 17.5 Å². The van der Waals surface area contributed by atoms with Gasteiger partial charge in [0.1, 0.15) is 12.4 Å². The molecule has 0 saturated heterocycles. The molecule has 0 aliphatic rings. The minimum atomic E-state index is -2.52. The van der Waals surface area contributed by atoms with Crippen LogP contribution in [0.3, 0.4) is 0 Å². The Kier molecular flexibility index (Phi) is 6.22. The van der Waals surface area contributed by atoms with Crippen LogP contribution in [0.1, 0.15) is 5.56 Å². The Labute approximate surface area is 158 Å². The van der Waals surface area contributed by atoms with Crippen LogP contribution in [0.25, 0.3) is 17.3 Å². The topological polar surface area (TPSA) is 64.1 Å². The Morgan fingerprint density at radius 2 is 1.93 bits per heavy atom. The van der Waals surface area contributed by atoms with Crippen LogP contribution in [0.4, 0.5) is 13.9 Å². The van der Waals surface area contributed by atoms with Gasteiger partial charge < -0.3 is 4.74 Å². The van der Waals surface area contributed by atoms with Crippen LogP contribution >= 0.6 is 11.3 Å². The summed E-state index contributed by atoms with van der Waals surface area (Å²) in [5.41, 5.74) is 2.43. The molecule has 1 aromatic carbocycles. The first-order valence-corrected chi connectivity index (χ1v) is 8.84. The maximum Gasteiger partial charge on any atom is 0.272 e. The lowest BCUT2D eigenvalue weighted by Gasteiger charge is -2.05. The van der Waals surface area contributed by atoms with Gasteiger partial charge in [-0.1, -0.05) is 12.1 Å². The van der Waals surface area contributed by atoms with E-state index in [-0.39, 0.29) is 5.91 Å². The number of benzene rings is 1. The van der Waals surface area contributed by atoms with Crippen molar-refractivity contribution in [3.05, 3.63) is 65.8 Å². The number of rotatable bonds is 7. The molecule has 0 aliphatic carbocycles. The lowest BCUT2D eigenvalue weighted by Crippen LogP contribution is -2.07. The molecule has 27 heavy (non-hydrogen) atoms. The summed E-state index contributed by atoms with van der Waals surface area (Å²) in [6, 6.07) is 10.2. The summed E-state index contributed by atoms with van der Waals surface area (Å²) in [5, 5.41) is 5.05. The predicted molar refractivity (Wildman–Crippen MR) is 101 cm³/mol. The number of alkyl halides is 2. The molecule has 2 aromatic heterocycles. The largest absolute Gasteiger partial charge is 0.488 e. The number of nitrogens with one attached hydrogen (secondary N) is 1. The van der Waals surface area contributed by atoms with Gasteiger partial charge in [-0.3, -0.25) is 15.1 Å². The van der Waals surface area contributed by atoms with Gasteiger partial charge in [-0.15, -0.1) is 11.3 Å². The molecule has 5 nitrogen and oxygen atoms in total. The minimum absolute atomic E-state index is 0.316. The second kappa shape index (κ2) is 9.00. The van der Waals surface area contributed by atoms with Crippen LogP contribution in [-0.4, -0.2) is 28.9 Å². The maximum atomic E-state index is 12.1. The molecule has 0 fully saturated rings. The highest BCUT2D eigenvalue weighted by atomic mass is 32.1. The fourth-order valence-electron chi connectivity index (χ4n) is 2.14. The van der Waals surface area contributed by atoms with Crippen molar-refractivity contribution in [1.82, 2.24) is 9.97 Å². The molecule has 1 amide bonds. The number of halogens is 2. The van der Waals surface area contributed by atoms with E-state index in [9.17, 15) is 13.6 Å². The lowest BCUT2D eigenvalue weighted by molar-refractivity contribution is -0.111. The molecule has 3 aromatic rings. The second-order valence-electron chi connectivity index (χ2n) is 5.37. The number of amides is 1. The van der Waals surface area contributed by atoms with Gasteiger partial charge in [0, 0.05) is 29.4 Å². The second-order valence-corrected chi connectivity index (χ2v) is 6.23. The first-order valence-electron chi connectivity index (χ1n) is 7.96. The fourth-order valence-corrected chi connectivity index (χ4v) is 2.86. The summed E-state index contributed by atoms with van der Waals surface area (Å²) >= 11 is 1.33. The fraction of sp³-hybridized carbons (Fsp3) is 0.105. The Bertz CT molecular complexity index is 912. The zero-order valence-corrected chi connectivity index (χ0v) is 14.8. The van der Waals surface area contributed by atoms with Crippen molar-refractivity contribution < 1.29 is 18.3 Å². The van der Waals surface area contributed by atoms with Gasteiger partial charge in [0.05, 0.1) is 5.69 Å². The number of hydrogen-bond donors (Lipinski definition) is 1. The van der Waals surface area contributed by atoms with E-state index in [1.165, 1.54) is 17.4 Å². The van der Waals surface area contributed by atoms with E-state index in [4.69, 9.17) is 4.74 Å². The van der Waals surface area contributed by atoms with Crippen molar-refractivity contribution in [2.24, 2.45) is 0 Å². The van der Waals surface area contributed by atoms with Crippen LogP contribution in [0.2, 0.25) is 0 Å². The summed E-state index contributed by atoms with van der Waals surface area (Å²) in [5.74, 6) is 0.0342. The van der Waals surface area contributed by atoms with Gasteiger partial charge >= 0.3 is 0 Å². The van der Waals surface area contributed by atoms with Crippen molar-refractivity contribution in [1.29, 1.82) is 0 Å². The van der Waals surface area contributed by atoms with E-state index < -0.39 is 13.0 Å². The average molecular weight is 387 g/mol. The first kappa shape index (κ1) is 18.7. The highest BCUT2D eigenvalue weighted by Crippen LogP contribution is 2.24. The third-order valence-electron chi connectivity index (χ3n) is 3.39. The number of thiazole rings is 1. The van der Waals surface area contributed by atoms with Gasteiger partial charge in [0.2, 0.25) is 5.91 Å². The number of carbonyl (C=O) groups is 1. The summed E-state index contributed by atoms with van der Waals surface area (Å²) in [6.07, 6.45) is 3.84. The van der Waals surface area contributed by atoms with Crippen LogP contribution < -0.4 is 10.1 Å². The van der Waals surface area contributed by atoms with E-state index in [2.05, 4.69) is 15.3 Å².